The van der Waals surface area contributed by atoms with Crippen molar-refractivity contribution in [2.45, 2.75) is 0 Å². The number of halogens is 2. The Balaban J connectivity index is 2.02. The van der Waals surface area contributed by atoms with E-state index in [-0.39, 0.29) is 10.6 Å². The average Bonchev–Trinajstić information content (AvgIpc) is 2.88. The number of nitrogens with zero attached hydrogens (tertiary/aromatic N) is 3. The topological polar surface area (TPSA) is 46.0 Å². The zero-order valence-electron chi connectivity index (χ0n) is 11.2. The Morgan fingerprint density at radius 1 is 1.18 bits per heavy atom. The highest BCUT2D eigenvalue weighted by atomic mass is 35.5. The minimum atomic E-state index is -0.389. The minimum Gasteiger partial charge on any atom is -0.250 e. The summed E-state index contributed by atoms with van der Waals surface area (Å²) < 4.78 is 15.6. The Bertz CT molecular complexity index is 883. The minimum absolute atomic E-state index is 0.281. The lowest BCUT2D eigenvalue weighted by Gasteiger charge is -2.02. The molecule has 22 heavy (non-hydrogen) atoms. The van der Waals surface area contributed by atoms with Crippen LogP contribution in [0.5, 0.6) is 0 Å². The van der Waals surface area contributed by atoms with E-state index in [0.717, 1.165) is 5.56 Å². The number of benzene rings is 2. The van der Waals surface area contributed by atoms with Crippen LogP contribution in [-0.2, 0) is 0 Å². The van der Waals surface area contributed by atoms with Crippen molar-refractivity contribution in [2.24, 2.45) is 5.10 Å². The number of rotatable bonds is 3. The summed E-state index contributed by atoms with van der Waals surface area (Å²) in [5.41, 5.74) is 1.16. The van der Waals surface area contributed by atoms with Crippen LogP contribution in [0.15, 0.2) is 53.6 Å². The first-order valence-electron chi connectivity index (χ1n) is 6.37. The van der Waals surface area contributed by atoms with Gasteiger partial charge in [-0.25, -0.2) is 9.49 Å². The molecule has 3 aromatic rings. The van der Waals surface area contributed by atoms with Gasteiger partial charge in [-0.1, -0.05) is 35.9 Å². The summed E-state index contributed by atoms with van der Waals surface area (Å²) in [4.78, 5) is 0. The summed E-state index contributed by atoms with van der Waals surface area (Å²) in [6.45, 7) is 0. The highest BCUT2D eigenvalue weighted by Gasteiger charge is 2.12. The number of hydrogen-bond donors (Lipinski definition) is 1. The normalized spacial score (nSPS) is 11.2. The van der Waals surface area contributed by atoms with Gasteiger partial charge in [0.05, 0.1) is 11.8 Å². The molecule has 0 aliphatic rings. The predicted octanol–water partition coefficient (Wildman–Crippen LogP) is 4.28. The molecule has 0 saturated heterocycles. The Hall–Kier alpha value is -2.31. The molecule has 2 aromatic carbocycles. The molecule has 0 spiro atoms. The largest absolute Gasteiger partial charge is 0.250 e. The number of aromatic nitrogens is 3. The molecule has 0 amide bonds. The second kappa shape index (κ2) is 6.21. The number of nitrogens with one attached hydrogen (secondary N) is 1. The summed E-state index contributed by atoms with van der Waals surface area (Å²) in [7, 11) is 0. The van der Waals surface area contributed by atoms with Crippen molar-refractivity contribution in [1.82, 2.24) is 14.9 Å². The van der Waals surface area contributed by atoms with Crippen LogP contribution in [0.4, 0.5) is 4.39 Å². The van der Waals surface area contributed by atoms with Gasteiger partial charge < -0.3 is 0 Å². The van der Waals surface area contributed by atoms with E-state index in [0.29, 0.717) is 16.4 Å². The highest BCUT2D eigenvalue weighted by Crippen LogP contribution is 2.20. The highest BCUT2D eigenvalue weighted by molar-refractivity contribution is 7.71. The van der Waals surface area contributed by atoms with Gasteiger partial charge in [0.1, 0.15) is 5.82 Å². The van der Waals surface area contributed by atoms with Crippen LogP contribution in [0.2, 0.25) is 5.02 Å². The zero-order valence-corrected chi connectivity index (χ0v) is 12.8. The lowest BCUT2D eigenvalue weighted by atomic mass is 10.2. The lowest BCUT2D eigenvalue weighted by Crippen LogP contribution is -1.96. The molecule has 0 aliphatic heterocycles. The average molecular weight is 333 g/mol. The second-order valence-corrected chi connectivity index (χ2v) is 5.26. The molecule has 0 aliphatic carbocycles. The molecule has 7 heteroatoms. The molecular weight excluding hydrogens is 323 g/mol. The van der Waals surface area contributed by atoms with E-state index in [1.807, 2.05) is 12.1 Å². The molecule has 3 rings (SSSR count). The van der Waals surface area contributed by atoms with Crippen LogP contribution in [0.1, 0.15) is 5.56 Å². The third-order valence-electron chi connectivity index (χ3n) is 2.96. The molecule has 0 radical (unpaired) electrons. The van der Waals surface area contributed by atoms with Gasteiger partial charge in [-0.2, -0.15) is 14.9 Å². The fourth-order valence-corrected chi connectivity index (χ4v) is 2.19. The monoisotopic (exact) mass is 332 g/mol. The Morgan fingerprint density at radius 3 is 2.64 bits per heavy atom. The third-order valence-corrected chi connectivity index (χ3v) is 3.47. The molecule has 1 heterocycles. The number of aromatic amines is 1. The quantitative estimate of drug-likeness (QED) is 0.574. The van der Waals surface area contributed by atoms with Crippen molar-refractivity contribution in [1.29, 1.82) is 0 Å². The first-order valence-corrected chi connectivity index (χ1v) is 7.16. The number of hydrogen-bond acceptors (Lipinski definition) is 3. The van der Waals surface area contributed by atoms with E-state index in [1.54, 1.807) is 36.5 Å². The van der Waals surface area contributed by atoms with Crippen molar-refractivity contribution in [2.75, 3.05) is 0 Å². The van der Waals surface area contributed by atoms with E-state index in [2.05, 4.69) is 15.3 Å². The van der Waals surface area contributed by atoms with Crippen LogP contribution in [0.25, 0.3) is 11.4 Å². The van der Waals surface area contributed by atoms with Crippen molar-refractivity contribution in [3.05, 3.63) is 69.7 Å². The summed E-state index contributed by atoms with van der Waals surface area (Å²) in [5, 5.41) is 11.6. The molecule has 1 N–H and O–H groups in total. The first-order chi connectivity index (χ1) is 10.6. The summed E-state index contributed by atoms with van der Waals surface area (Å²) >= 11 is 11.0. The van der Waals surface area contributed by atoms with Gasteiger partial charge >= 0.3 is 0 Å². The van der Waals surface area contributed by atoms with Crippen molar-refractivity contribution >= 4 is 30.0 Å². The van der Waals surface area contributed by atoms with Gasteiger partial charge in [0.2, 0.25) is 4.77 Å². The molecule has 0 bridgehead atoms. The van der Waals surface area contributed by atoms with Crippen LogP contribution >= 0.6 is 23.8 Å². The summed E-state index contributed by atoms with van der Waals surface area (Å²) in [6, 6.07) is 13.5. The molecule has 0 saturated carbocycles. The molecular formula is C15H10ClFN4S. The maximum Gasteiger partial charge on any atom is 0.216 e. The van der Waals surface area contributed by atoms with Gasteiger partial charge in [0, 0.05) is 5.02 Å². The van der Waals surface area contributed by atoms with Crippen molar-refractivity contribution < 1.29 is 4.39 Å². The second-order valence-electron chi connectivity index (χ2n) is 4.44. The van der Waals surface area contributed by atoms with Gasteiger partial charge in [-0.15, -0.1) is 0 Å². The van der Waals surface area contributed by atoms with Crippen molar-refractivity contribution in [3.8, 4) is 11.4 Å². The SMILES string of the molecule is Fc1ccccc1-c1n[nH]c(=S)n1N=Cc1ccc(Cl)cc1. The van der Waals surface area contributed by atoms with Gasteiger partial charge in [0.25, 0.3) is 0 Å². The molecule has 1 aromatic heterocycles. The van der Waals surface area contributed by atoms with Crippen LogP contribution in [-0.4, -0.2) is 21.1 Å². The molecule has 0 unspecified atom stereocenters. The lowest BCUT2D eigenvalue weighted by molar-refractivity contribution is 0.628. The Kier molecular flexibility index (Phi) is 4.13. The molecule has 110 valence electrons. The Labute approximate surface area is 135 Å². The summed E-state index contributed by atoms with van der Waals surface area (Å²) in [5.74, 6) is -0.0762. The van der Waals surface area contributed by atoms with Crippen LogP contribution in [0.3, 0.4) is 0 Å². The first kappa shape index (κ1) is 14.6. The van der Waals surface area contributed by atoms with E-state index in [9.17, 15) is 4.39 Å². The standard InChI is InChI=1S/C15H10ClFN4S/c16-11-7-5-10(6-8-11)9-18-21-14(19-20-15(21)22)12-3-1-2-4-13(12)17/h1-9H,(H,20,22). The van der Waals surface area contributed by atoms with Gasteiger partial charge in [0.15, 0.2) is 5.82 Å². The fraction of sp³-hybridized carbons (Fsp3) is 0. The summed E-state index contributed by atoms with van der Waals surface area (Å²) in [6.07, 6.45) is 1.60. The van der Waals surface area contributed by atoms with E-state index < -0.39 is 0 Å². The van der Waals surface area contributed by atoms with Crippen LogP contribution in [0, 0.1) is 10.6 Å². The van der Waals surface area contributed by atoms with Crippen molar-refractivity contribution in [3.63, 3.8) is 0 Å². The van der Waals surface area contributed by atoms with E-state index >= 15 is 0 Å². The smallest absolute Gasteiger partial charge is 0.216 e. The molecule has 0 atom stereocenters. The third kappa shape index (κ3) is 2.98. The number of H-pyrrole nitrogens is 1. The maximum atomic E-state index is 13.9. The molecule has 0 fully saturated rings. The van der Waals surface area contributed by atoms with Gasteiger partial charge in [-0.05, 0) is 42.0 Å². The Morgan fingerprint density at radius 2 is 1.91 bits per heavy atom. The van der Waals surface area contributed by atoms with Crippen LogP contribution < -0.4 is 0 Å². The maximum absolute atomic E-state index is 13.9. The van der Waals surface area contributed by atoms with E-state index in [4.69, 9.17) is 23.8 Å². The van der Waals surface area contributed by atoms with E-state index in [1.165, 1.54) is 10.7 Å². The fourth-order valence-electron chi connectivity index (χ4n) is 1.89. The predicted molar refractivity (Wildman–Crippen MR) is 87.2 cm³/mol. The molecule has 4 nitrogen and oxygen atoms in total. The van der Waals surface area contributed by atoms with Gasteiger partial charge in [-0.3, -0.25) is 0 Å². The zero-order chi connectivity index (χ0) is 15.5.